The lowest BCUT2D eigenvalue weighted by Gasteiger charge is -2.17. The van der Waals surface area contributed by atoms with Gasteiger partial charge in [0, 0.05) is 22.0 Å². The van der Waals surface area contributed by atoms with Crippen LogP contribution in [0.15, 0.2) is 46.6 Å². The summed E-state index contributed by atoms with van der Waals surface area (Å²) < 4.78 is 5.67. The largest absolute Gasteiger partial charge is 0.411 e. The lowest BCUT2D eigenvalue weighted by Crippen LogP contribution is -2.32. The van der Waals surface area contributed by atoms with Crippen molar-refractivity contribution in [3.05, 3.63) is 52.5 Å². The summed E-state index contributed by atoms with van der Waals surface area (Å²) in [4.78, 5) is 20.5. The van der Waals surface area contributed by atoms with Gasteiger partial charge in [-0.15, -0.1) is 28.1 Å². The third kappa shape index (κ3) is 4.71. The van der Waals surface area contributed by atoms with Crippen molar-refractivity contribution in [1.82, 2.24) is 15.2 Å². The van der Waals surface area contributed by atoms with Crippen LogP contribution in [0.25, 0.3) is 11.5 Å². The highest BCUT2D eigenvalue weighted by Crippen LogP contribution is 2.32. The molecule has 0 bridgehead atoms. The van der Waals surface area contributed by atoms with Gasteiger partial charge >= 0.3 is 0 Å². The lowest BCUT2D eigenvalue weighted by molar-refractivity contribution is -0.116. The van der Waals surface area contributed by atoms with Gasteiger partial charge in [0.15, 0.2) is 5.13 Å². The minimum Gasteiger partial charge on any atom is -0.411 e. The number of hydrogen-bond acceptors (Lipinski definition) is 7. The van der Waals surface area contributed by atoms with Crippen LogP contribution in [-0.2, 0) is 17.6 Å². The minimum atomic E-state index is -0.0627. The summed E-state index contributed by atoms with van der Waals surface area (Å²) in [6.07, 6.45) is 6.11. The highest BCUT2D eigenvalue weighted by molar-refractivity contribution is 7.99. The molecule has 1 aliphatic carbocycles. The van der Waals surface area contributed by atoms with Crippen molar-refractivity contribution in [2.24, 2.45) is 0 Å². The Balaban J connectivity index is 1.43. The zero-order chi connectivity index (χ0) is 20.2. The maximum Gasteiger partial charge on any atom is 0.277 e. The summed E-state index contributed by atoms with van der Waals surface area (Å²) in [5, 5.41) is 9.80. The van der Waals surface area contributed by atoms with Gasteiger partial charge in [-0.05, 0) is 49.9 Å². The van der Waals surface area contributed by atoms with Gasteiger partial charge in [-0.1, -0.05) is 29.4 Å². The molecule has 0 radical (unpaired) electrons. The number of aromatic nitrogens is 3. The van der Waals surface area contributed by atoms with E-state index in [9.17, 15) is 4.79 Å². The topological polar surface area (TPSA) is 72.1 Å². The Morgan fingerprint density at radius 1 is 1.28 bits per heavy atom. The molecular formula is C20H19ClN4O2S2. The molecule has 1 aliphatic rings. The molecule has 0 saturated carbocycles. The average molecular weight is 447 g/mol. The molecule has 0 unspecified atom stereocenters. The number of amides is 1. The third-order valence-electron chi connectivity index (χ3n) is 4.49. The molecule has 0 N–H and O–H groups in total. The van der Waals surface area contributed by atoms with Gasteiger partial charge in [0.05, 0.1) is 11.4 Å². The molecule has 0 aliphatic heterocycles. The van der Waals surface area contributed by atoms with E-state index < -0.39 is 0 Å². The Morgan fingerprint density at radius 2 is 2.07 bits per heavy atom. The number of fused-ring (bicyclic) bond motifs is 1. The van der Waals surface area contributed by atoms with Crippen LogP contribution in [0, 0.1) is 0 Å². The fraction of sp³-hybridized carbons (Fsp3) is 0.300. The van der Waals surface area contributed by atoms with Crippen LogP contribution in [0.5, 0.6) is 0 Å². The number of nitrogens with zero attached hydrogens (tertiary/aromatic N) is 4. The highest BCUT2D eigenvalue weighted by Gasteiger charge is 2.23. The monoisotopic (exact) mass is 446 g/mol. The number of carbonyl (C=O) groups is 1. The number of thiazole rings is 1. The van der Waals surface area contributed by atoms with E-state index in [4.69, 9.17) is 21.0 Å². The fourth-order valence-electron chi connectivity index (χ4n) is 3.05. The summed E-state index contributed by atoms with van der Waals surface area (Å²) >= 11 is 8.73. The van der Waals surface area contributed by atoms with Gasteiger partial charge in [-0.2, -0.15) is 0 Å². The first kappa shape index (κ1) is 20.1. The molecule has 150 valence electrons. The Bertz CT molecular complexity index is 992. The van der Waals surface area contributed by atoms with Crippen LogP contribution in [-0.4, -0.2) is 33.4 Å². The van der Waals surface area contributed by atoms with E-state index in [1.165, 1.54) is 23.1 Å². The van der Waals surface area contributed by atoms with Crippen molar-refractivity contribution < 1.29 is 9.21 Å². The summed E-state index contributed by atoms with van der Waals surface area (Å²) in [5.74, 6) is 0.514. The van der Waals surface area contributed by atoms with Crippen molar-refractivity contribution in [3.8, 4) is 11.5 Å². The Labute approximate surface area is 182 Å². The van der Waals surface area contributed by atoms with Crippen LogP contribution in [0.2, 0.25) is 5.02 Å². The molecule has 1 aromatic carbocycles. The molecule has 4 rings (SSSR count). The van der Waals surface area contributed by atoms with Crippen molar-refractivity contribution in [2.45, 2.75) is 30.9 Å². The molecule has 2 heterocycles. The van der Waals surface area contributed by atoms with Crippen LogP contribution >= 0.6 is 34.7 Å². The number of carbonyl (C=O) groups excluding carboxylic acids is 1. The predicted octanol–water partition coefficient (Wildman–Crippen LogP) is 5.04. The predicted molar refractivity (Wildman–Crippen MR) is 117 cm³/mol. The van der Waals surface area contributed by atoms with Crippen molar-refractivity contribution in [2.75, 3.05) is 17.2 Å². The second-order valence-corrected chi connectivity index (χ2v) is 8.96. The number of thioether (sulfide) groups is 1. The first-order chi connectivity index (χ1) is 14.1. The maximum absolute atomic E-state index is 12.9. The standard InChI is InChI=1S/C20H19ClN4O2S2/c1-2-11-25(19-22-15-5-3-4-6-16(15)29-19)17(26)12-28-20-24-23-18(27-20)13-7-9-14(21)10-8-13/h2,7-10H,1,3-6,11-12H2. The highest BCUT2D eigenvalue weighted by atomic mass is 35.5. The van der Waals surface area contributed by atoms with Crippen LogP contribution < -0.4 is 4.90 Å². The summed E-state index contributed by atoms with van der Waals surface area (Å²) in [7, 11) is 0. The van der Waals surface area contributed by atoms with E-state index in [0.717, 1.165) is 35.7 Å². The third-order valence-corrected chi connectivity index (χ3v) is 6.73. The van der Waals surface area contributed by atoms with Gasteiger partial charge in [0.2, 0.25) is 11.8 Å². The first-order valence-electron chi connectivity index (χ1n) is 9.26. The molecule has 2 aromatic heterocycles. The Kier molecular flexibility index (Phi) is 6.32. The second-order valence-electron chi connectivity index (χ2n) is 6.54. The van der Waals surface area contributed by atoms with E-state index in [2.05, 4.69) is 16.8 Å². The van der Waals surface area contributed by atoms with Crippen molar-refractivity contribution in [3.63, 3.8) is 0 Å². The molecule has 3 aromatic rings. The Hall–Kier alpha value is -2.16. The van der Waals surface area contributed by atoms with E-state index in [1.54, 1.807) is 34.4 Å². The number of rotatable bonds is 7. The molecule has 0 spiro atoms. The van der Waals surface area contributed by atoms with Gasteiger partial charge in [-0.3, -0.25) is 9.69 Å². The number of aryl methyl sites for hydroxylation is 2. The normalized spacial score (nSPS) is 13.1. The van der Waals surface area contributed by atoms with Crippen LogP contribution in [0.3, 0.4) is 0 Å². The molecule has 29 heavy (non-hydrogen) atoms. The quantitative estimate of drug-likeness (QED) is 0.374. The lowest BCUT2D eigenvalue weighted by atomic mass is 10.0. The zero-order valence-electron chi connectivity index (χ0n) is 15.6. The molecule has 0 fully saturated rings. The first-order valence-corrected chi connectivity index (χ1v) is 11.4. The SMILES string of the molecule is C=CCN(C(=O)CSc1nnc(-c2ccc(Cl)cc2)o1)c1nc2c(s1)CCCC2. The molecule has 0 saturated heterocycles. The maximum atomic E-state index is 12.9. The summed E-state index contributed by atoms with van der Waals surface area (Å²) in [6.45, 7) is 4.20. The molecular weight excluding hydrogens is 428 g/mol. The van der Waals surface area contributed by atoms with Gasteiger partial charge < -0.3 is 4.42 Å². The smallest absolute Gasteiger partial charge is 0.277 e. The molecule has 0 atom stereocenters. The minimum absolute atomic E-state index is 0.0627. The number of anilines is 1. The molecule has 1 amide bonds. The van der Waals surface area contributed by atoms with E-state index in [1.807, 2.05) is 12.1 Å². The summed E-state index contributed by atoms with van der Waals surface area (Å²) in [6, 6.07) is 7.15. The fourth-order valence-corrected chi connectivity index (χ4v) is 4.99. The second kappa shape index (κ2) is 9.11. The van der Waals surface area contributed by atoms with Crippen LogP contribution in [0.4, 0.5) is 5.13 Å². The van der Waals surface area contributed by atoms with Crippen molar-refractivity contribution in [1.29, 1.82) is 0 Å². The van der Waals surface area contributed by atoms with Crippen LogP contribution in [0.1, 0.15) is 23.4 Å². The zero-order valence-corrected chi connectivity index (χ0v) is 18.0. The van der Waals surface area contributed by atoms with Gasteiger partial charge in [0.25, 0.3) is 5.22 Å². The van der Waals surface area contributed by atoms with E-state index in [0.29, 0.717) is 22.7 Å². The summed E-state index contributed by atoms with van der Waals surface area (Å²) in [5.41, 5.74) is 1.91. The average Bonchev–Trinajstić information content (AvgIpc) is 3.37. The Morgan fingerprint density at radius 3 is 2.83 bits per heavy atom. The number of benzene rings is 1. The molecule has 9 heteroatoms. The van der Waals surface area contributed by atoms with Crippen molar-refractivity contribution >= 4 is 45.7 Å². The number of hydrogen-bond donors (Lipinski definition) is 0. The van der Waals surface area contributed by atoms with Gasteiger partial charge in [0.1, 0.15) is 0 Å². The van der Waals surface area contributed by atoms with Gasteiger partial charge in [-0.25, -0.2) is 4.98 Å². The number of halogens is 1. The molecule has 6 nitrogen and oxygen atoms in total. The van der Waals surface area contributed by atoms with E-state index >= 15 is 0 Å². The van der Waals surface area contributed by atoms with E-state index in [-0.39, 0.29) is 11.7 Å².